The molecule has 0 aliphatic rings. The fraction of sp³-hybridized carbons (Fsp3) is 0.143. The average Bonchev–Trinajstić information content (AvgIpc) is 2.86. The van der Waals surface area contributed by atoms with Gasteiger partial charge in [-0.2, -0.15) is 0 Å². The smallest absolute Gasteiger partial charge is 0.330 e. The average molecular weight is 431 g/mol. The predicted octanol–water partition coefficient (Wildman–Crippen LogP) is 5.30. The Morgan fingerprint density at radius 1 is 0.812 bits per heavy atom. The normalized spacial score (nSPS) is 9.97. The van der Waals surface area contributed by atoms with Crippen molar-refractivity contribution in [1.29, 1.82) is 0 Å². The molecule has 0 atom stereocenters. The van der Waals surface area contributed by atoms with Gasteiger partial charge in [0, 0.05) is 19.6 Å². The van der Waals surface area contributed by atoms with Crippen LogP contribution >= 0.6 is 0 Å². The van der Waals surface area contributed by atoms with Crippen LogP contribution in [0.4, 0.5) is 0 Å². The number of esters is 1. The molecular weight excluding hydrogens is 400 g/mol. The Bertz CT molecular complexity index is 944. The zero-order valence-electron chi connectivity index (χ0n) is 18.6. The van der Waals surface area contributed by atoms with Crippen molar-refractivity contribution in [1.82, 2.24) is 0 Å². The van der Waals surface area contributed by atoms with Crippen molar-refractivity contribution < 1.29 is 19.4 Å². The Hall–Kier alpha value is -3.76. The summed E-state index contributed by atoms with van der Waals surface area (Å²) in [4.78, 5) is 21.4. The van der Waals surface area contributed by atoms with Crippen LogP contribution in [0.5, 0.6) is 0 Å². The van der Waals surface area contributed by atoms with Gasteiger partial charge in [-0.1, -0.05) is 96.6 Å². The summed E-state index contributed by atoms with van der Waals surface area (Å²) < 4.78 is 5.17. The zero-order chi connectivity index (χ0) is 23.4. The van der Waals surface area contributed by atoms with Crippen molar-refractivity contribution in [3.63, 3.8) is 0 Å². The van der Waals surface area contributed by atoms with Gasteiger partial charge < -0.3 is 9.84 Å². The van der Waals surface area contributed by atoms with E-state index in [-0.39, 0.29) is 5.97 Å². The van der Waals surface area contributed by atoms with E-state index in [0.717, 1.165) is 30.9 Å². The molecule has 0 bridgehead atoms. The summed E-state index contributed by atoms with van der Waals surface area (Å²) in [5.41, 5.74) is 4.45. The lowest BCUT2D eigenvalue weighted by Gasteiger charge is -2.03. The standard InChI is InChI=1S/C18H18O2.C9H8O.CH4O/c1-15-7-9-17(10-8-15)13-14-20-18(19)12-11-16-5-3-2-4-6-16;10-8-4-7-9-5-2-1-3-6-9;1-2/h2-12H,13-14H2,1H3;1-8H;2H,1H3/b12-11+;7-4+;. The summed E-state index contributed by atoms with van der Waals surface area (Å²) in [6.07, 6.45) is 7.99. The number of aryl methyl sites for hydroxylation is 1. The van der Waals surface area contributed by atoms with Gasteiger partial charge in [0.15, 0.2) is 0 Å². The Morgan fingerprint density at radius 3 is 1.88 bits per heavy atom. The Balaban J connectivity index is 0.000000358. The van der Waals surface area contributed by atoms with Gasteiger partial charge in [-0.3, -0.25) is 4.79 Å². The third kappa shape index (κ3) is 12.1. The largest absolute Gasteiger partial charge is 0.462 e. The third-order valence-corrected chi connectivity index (χ3v) is 4.13. The molecular formula is C28H30O4. The minimum absolute atomic E-state index is 0.305. The van der Waals surface area contributed by atoms with Crippen LogP contribution in [0.25, 0.3) is 12.2 Å². The number of carbonyl (C=O) groups is 2. The van der Waals surface area contributed by atoms with E-state index in [1.807, 2.05) is 60.7 Å². The molecule has 0 saturated heterocycles. The second kappa shape index (κ2) is 17.0. The van der Waals surface area contributed by atoms with Crippen molar-refractivity contribution in [2.45, 2.75) is 13.3 Å². The van der Waals surface area contributed by atoms with Crippen LogP contribution in [-0.4, -0.2) is 31.1 Å². The van der Waals surface area contributed by atoms with Crippen LogP contribution in [0.3, 0.4) is 0 Å². The molecule has 0 amide bonds. The van der Waals surface area contributed by atoms with Gasteiger partial charge in [0.05, 0.1) is 6.61 Å². The number of aldehydes is 1. The molecule has 0 radical (unpaired) electrons. The van der Waals surface area contributed by atoms with Crippen LogP contribution in [0.15, 0.2) is 97.1 Å². The molecule has 32 heavy (non-hydrogen) atoms. The van der Waals surface area contributed by atoms with E-state index in [2.05, 4.69) is 31.2 Å². The van der Waals surface area contributed by atoms with Crippen LogP contribution in [0.2, 0.25) is 0 Å². The van der Waals surface area contributed by atoms with Crippen molar-refractivity contribution in [3.8, 4) is 0 Å². The molecule has 0 spiro atoms. The highest BCUT2D eigenvalue weighted by Crippen LogP contribution is 2.05. The van der Waals surface area contributed by atoms with Crippen molar-refractivity contribution in [2.75, 3.05) is 13.7 Å². The number of aliphatic hydroxyl groups is 1. The fourth-order valence-corrected chi connectivity index (χ4v) is 2.52. The number of rotatable bonds is 7. The predicted molar refractivity (Wildman–Crippen MR) is 131 cm³/mol. The number of benzene rings is 3. The van der Waals surface area contributed by atoms with E-state index in [9.17, 15) is 9.59 Å². The van der Waals surface area contributed by atoms with Crippen LogP contribution in [0.1, 0.15) is 22.3 Å². The van der Waals surface area contributed by atoms with Gasteiger partial charge in [-0.05, 0) is 35.8 Å². The first-order chi connectivity index (χ1) is 15.7. The van der Waals surface area contributed by atoms with E-state index < -0.39 is 0 Å². The van der Waals surface area contributed by atoms with Crippen LogP contribution < -0.4 is 0 Å². The van der Waals surface area contributed by atoms with E-state index in [1.165, 1.54) is 23.3 Å². The number of hydrogen-bond donors (Lipinski definition) is 1. The van der Waals surface area contributed by atoms with E-state index >= 15 is 0 Å². The molecule has 166 valence electrons. The zero-order valence-corrected chi connectivity index (χ0v) is 18.6. The molecule has 0 aromatic heterocycles. The van der Waals surface area contributed by atoms with Gasteiger partial charge in [-0.25, -0.2) is 4.79 Å². The molecule has 3 rings (SSSR count). The third-order valence-electron chi connectivity index (χ3n) is 4.13. The maximum absolute atomic E-state index is 11.6. The summed E-state index contributed by atoms with van der Waals surface area (Å²) in [6, 6.07) is 27.6. The Kier molecular flexibility index (Phi) is 13.9. The molecule has 0 heterocycles. The Morgan fingerprint density at radius 2 is 1.34 bits per heavy atom. The summed E-state index contributed by atoms with van der Waals surface area (Å²) in [5, 5.41) is 7.00. The van der Waals surface area contributed by atoms with E-state index in [1.54, 1.807) is 12.2 Å². The van der Waals surface area contributed by atoms with E-state index in [0.29, 0.717) is 6.61 Å². The molecule has 0 aliphatic carbocycles. The highest BCUT2D eigenvalue weighted by molar-refractivity contribution is 5.87. The van der Waals surface area contributed by atoms with Gasteiger partial charge in [0.25, 0.3) is 0 Å². The number of ether oxygens (including phenoxy) is 1. The summed E-state index contributed by atoms with van der Waals surface area (Å²) in [6.45, 7) is 2.46. The summed E-state index contributed by atoms with van der Waals surface area (Å²) in [7, 11) is 1.00. The summed E-state index contributed by atoms with van der Waals surface area (Å²) >= 11 is 0. The van der Waals surface area contributed by atoms with Gasteiger partial charge in [0.2, 0.25) is 0 Å². The quantitative estimate of drug-likeness (QED) is 0.314. The molecule has 0 fully saturated rings. The minimum atomic E-state index is -0.305. The molecule has 3 aromatic carbocycles. The lowest BCUT2D eigenvalue weighted by molar-refractivity contribution is -0.137. The molecule has 4 heteroatoms. The second-order valence-corrected chi connectivity index (χ2v) is 6.55. The molecule has 4 nitrogen and oxygen atoms in total. The first-order valence-corrected chi connectivity index (χ1v) is 10.2. The second-order valence-electron chi connectivity index (χ2n) is 6.55. The molecule has 0 saturated carbocycles. The Labute approximate surface area is 190 Å². The number of aliphatic hydroxyl groups excluding tert-OH is 1. The van der Waals surface area contributed by atoms with Crippen molar-refractivity contribution >= 4 is 24.4 Å². The monoisotopic (exact) mass is 430 g/mol. The van der Waals surface area contributed by atoms with Gasteiger partial charge in [0.1, 0.15) is 6.29 Å². The highest BCUT2D eigenvalue weighted by atomic mass is 16.5. The number of allylic oxidation sites excluding steroid dienone is 1. The lowest BCUT2D eigenvalue weighted by Crippen LogP contribution is -2.04. The van der Waals surface area contributed by atoms with E-state index in [4.69, 9.17) is 9.84 Å². The lowest BCUT2D eigenvalue weighted by atomic mass is 10.1. The van der Waals surface area contributed by atoms with Crippen LogP contribution in [0, 0.1) is 6.92 Å². The molecule has 0 unspecified atom stereocenters. The first-order valence-electron chi connectivity index (χ1n) is 10.2. The topological polar surface area (TPSA) is 63.6 Å². The van der Waals surface area contributed by atoms with Gasteiger partial charge >= 0.3 is 5.97 Å². The SMILES string of the molecule is CO.Cc1ccc(CCOC(=O)/C=C/c2ccccc2)cc1.O=C/C=C/c1ccccc1. The maximum Gasteiger partial charge on any atom is 0.330 e. The van der Waals surface area contributed by atoms with Gasteiger partial charge in [-0.15, -0.1) is 0 Å². The van der Waals surface area contributed by atoms with Crippen molar-refractivity contribution in [2.24, 2.45) is 0 Å². The van der Waals surface area contributed by atoms with Crippen molar-refractivity contribution in [3.05, 3.63) is 119 Å². The maximum atomic E-state index is 11.6. The first kappa shape index (κ1) is 26.3. The number of carbonyl (C=O) groups excluding carboxylic acids is 2. The minimum Gasteiger partial charge on any atom is -0.462 e. The fourth-order valence-electron chi connectivity index (χ4n) is 2.52. The number of hydrogen-bond acceptors (Lipinski definition) is 4. The summed E-state index contributed by atoms with van der Waals surface area (Å²) in [5.74, 6) is -0.305. The molecule has 3 aromatic rings. The highest BCUT2D eigenvalue weighted by Gasteiger charge is 1.98. The molecule has 0 aliphatic heterocycles. The molecule has 1 N–H and O–H groups in total. The van der Waals surface area contributed by atoms with Crippen LogP contribution in [-0.2, 0) is 20.7 Å².